The van der Waals surface area contributed by atoms with Crippen molar-refractivity contribution < 1.29 is 9.90 Å². The highest BCUT2D eigenvalue weighted by atomic mass is 16.2. The van der Waals surface area contributed by atoms with Crippen molar-refractivity contribution in [2.45, 2.75) is 25.3 Å². The van der Waals surface area contributed by atoms with E-state index in [-0.39, 0.29) is 12.5 Å². The van der Waals surface area contributed by atoms with Gasteiger partial charge in [0.15, 0.2) is 0 Å². The Labute approximate surface area is 101 Å². The normalized spacial score (nSPS) is 12.1. The Morgan fingerprint density at radius 2 is 2.24 bits per heavy atom. The van der Waals surface area contributed by atoms with E-state index < -0.39 is 6.04 Å². The zero-order chi connectivity index (χ0) is 12.5. The summed E-state index contributed by atoms with van der Waals surface area (Å²) < 4.78 is 0. The van der Waals surface area contributed by atoms with E-state index in [1.807, 2.05) is 0 Å². The number of nitrogens with zero attached hydrogens (tertiary/aromatic N) is 1. The molecular weight excluding hydrogens is 218 g/mol. The van der Waals surface area contributed by atoms with Crippen LogP contribution < -0.4 is 11.1 Å². The average Bonchev–Trinajstić information content (AvgIpc) is 2.38. The summed E-state index contributed by atoms with van der Waals surface area (Å²) in [5.74, 6) is -0.215. The number of aromatic nitrogens is 1. The minimum Gasteiger partial charge on any atom is -0.396 e. The summed E-state index contributed by atoms with van der Waals surface area (Å²) in [6, 6.07) is 4.60. The first kappa shape index (κ1) is 13.6. The van der Waals surface area contributed by atoms with Gasteiger partial charge in [-0.15, -0.1) is 0 Å². The van der Waals surface area contributed by atoms with Gasteiger partial charge in [-0.3, -0.25) is 9.78 Å². The van der Waals surface area contributed by atoms with Crippen molar-refractivity contribution in [3.63, 3.8) is 0 Å². The number of aliphatic hydroxyl groups is 1. The number of rotatable bonds is 7. The topological polar surface area (TPSA) is 88.2 Å². The van der Waals surface area contributed by atoms with E-state index in [4.69, 9.17) is 10.8 Å². The first-order chi connectivity index (χ1) is 8.25. The lowest BCUT2D eigenvalue weighted by Gasteiger charge is -2.11. The predicted octanol–water partition coefficient (Wildman–Crippen LogP) is 0.360. The Morgan fingerprint density at radius 3 is 2.88 bits per heavy atom. The van der Waals surface area contributed by atoms with Crippen LogP contribution in [0.1, 0.15) is 31.0 Å². The maximum absolute atomic E-state index is 11.7. The van der Waals surface area contributed by atoms with Gasteiger partial charge >= 0.3 is 0 Å². The van der Waals surface area contributed by atoms with Crippen LogP contribution in [0.4, 0.5) is 0 Å². The molecule has 4 N–H and O–H groups in total. The Hall–Kier alpha value is -1.46. The zero-order valence-electron chi connectivity index (χ0n) is 9.80. The lowest BCUT2D eigenvalue weighted by molar-refractivity contribution is -0.122. The van der Waals surface area contributed by atoms with Crippen LogP contribution in [0.5, 0.6) is 0 Å². The third kappa shape index (κ3) is 4.93. The number of nitrogens with one attached hydrogen (secondary N) is 1. The largest absolute Gasteiger partial charge is 0.396 e. The van der Waals surface area contributed by atoms with Crippen molar-refractivity contribution >= 4 is 5.91 Å². The molecule has 0 saturated carbocycles. The molecule has 1 atom stereocenters. The first-order valence-corrected chi connectivity index (χ1v) is 5.81. The van der Waals surface area contributed by atoms with Crippen LogP contribution in [0.15, 0.2) is 24.4 Å². The molecule has 1 amide bonds. The highest BCUT2D eigenvalue weighted by Gasteiger charge is 2.15. The van der Waals surface area contributed by atoms with Gasteiger partial charge in [0.1, 0.15) is 6.04 Å². The predicted molar refractivity (Wildman–Crippen MR) is 65.1 cm³/mol. The summed E-state index contributed by atoms with van der Waals surface area (Å²) in [5.41, 5.74) is 6.33. The Kier molecular flexibility index (Phi) is 6.21. The third-order valence-electron chi connectivity index (χ3n) is 2.42. The molecule has 0 fully saturated rings. The molecular formula is C12H19N3O2. The summed E-state index contributed by atoms with van der Waals surface area (Å²) in [5, 5.41) is 11.4. The summed E-state index contributed by atoms with van der Waals surface area (Å²) in [4.78, 5) is 15.7. The Morgan fingerprint density at radius 1 is 1.41 bits per heavy atom. The molecule has 0 spiro atoms. The van der Waals surface area contributed by atoms with Crippen LogP contribution in [0.3, 0.4) is 0 Å². The molecule has 1 rings (SSSR count). The Balaban J connectivity index is 2.28. The number of carbonyl (C=O) groups is 1. The molecule has 1 unspecified atom stereocenters. The standard InChI is InChI=1S/C12H19N3O2/c13-11(10-6-2-4-7-14-10)12(17)15-8-3-1-5-9-16/h2,4,6-7,11,16H,1,3,5,8-9,13H2,(H,15,17). The number of hydrogen-bond donors (Lipinski definition) is 3. The molecule has 5 heteroatoms. The minimum absolute atomic E-state index is 0.196. The van der Waals surface area contributed by atoms with E-state index in [1.165, 1.54) is 0 Å². The number of amides is 1. The SMILES string of the molecule is NC(C(=O)NCCCCCO)c1ccccn1. The van der Waals surface area contributed by atoms with Crippen molar-refractivity contribution in [3.05, 3.63) is 30.1 Å². The molecule has 0 saturated heterocycles. The average molecular weight is 237 g/mol. The summed E-state index contributed by atoms with van der Waals surface area (Å²) in [6.07, 6.45) is 4.13. The third-order valence-corrected chi connectivity index (χ3v) is 2.42. The number of unbranched alkanes of at least 4 members (excludes halogenated alkanes) is 2. The fraction of sp³-hybridized carbons (Fsp3) is 0.500. The van der Waals surface area contributed by atoms with Crippen molar-refractivity contribution in [2.75, 3.05) is 13.2 Å². The van der Waals surface area contributed by atoms with Crippen molar-refractivity contribution in [2.24, 2.45) is 5.73 Å². The van der Waals surface area contributed by atoms with E-state index in [1.54, 1.807) is 24.4 Å². The van der Waals surface area contributed by atoms with Gasteiger partial charge in [-0.2, -0.15) is 0 Å². The quantitative estimate of drug-likeness (QED) is 0.597. The second-order valence-corrected chi connectivity index (χ2v) is 3.81. The van der Waals surface area contributed by atoms with Gasteiger partial charge in [-0.25, -0.2) is 0 Å². The molecule has 5 nitrogen and oxygen atoms in total. The van der Waals surface area contributed by atoms with Gasteiger partial charge < -0.3 is 16.2 Å². The molecule has 0 aromatic carbocycles. The van der Waals surface area contributed by atoms with Crippen LogP contribution in [0, 0.1) is 0 Å². The van der Waals surface area contributed by atoms with Gasteiger partial charge in [0, 0.05) is 19.3 Å². The van der Waals surface area contributed by atoms with Gasteiger partial charge in [0.05, 0.1) is 5.69 Å². The second-order valence-electron chi connectivity index (χ2n) is 3.81. The fourth-order valence-corrected chi connectivity index (χ4v) is 1.43. The number of hydrogen-bond acceptors (Lipinski definition) is 4. The number of nitrogens with two attached hydrogens (primary N) is 1. The van der Waals surface area contributed by atoms with E-state index >= 15 is 0 Å². The van der Waals surface area contributed by atoms with E-state index in [0.29, 0.717) is 12.2 Å². The van der Waals surface area contributed by atoms with Gasteiger partial charge in [-0.05, 0) is 31.4 Å². The van der Waals surface area contributed by atoms with Crippen LogP contribution in [-0.2, 0) is 4.79 Å². The molecule has 94 valence electrons. The fourth-order valence-electron chi connectivity index (χ4n) is 1.43. The van der Waals surface area contributed by atoms with Crippen molar-refractivity contribution in [1.82, 2.24) is 10.3 Å². The molecule has 17 heavy (non-hydrogen) atoms. The molecule has 0 aliphatic carbocycles. The second kappa shape index (κ2) is 7.76. The Bertz CT molecular complexity index is 330. The lowest BCUT2D eigenvalue weighted by Crippen LogP contribution is -2.35. The highest BCUT2D eigenvalue weighted by molar-refractivity contribution is 5.82. The molecule has 0 bridgehead atoms. The molecule has 0 aliphatic heterocycles. The zero-order valence-corrected chi connectivity index (χ0v) is 9.80. The molecule has 0 aliphatic rings. The van der Waals surface area contributed by atoms with Crippen LogP contribution in [0.2, 0.25) is 0 Å². The van der Waals surface area contributed by atoms with E-state index in [0.717, 1.165) is 19.3 Å². The van der Waals surface area contributed by atoms with Gasteiger partial charge in [0.25, 0.3) is 0 Å². The van der Waals surface area contributed by atoms with Crippen LogP contribution >= 0.6 is 0 Å². The van der Waals surface area contributed by atoms with Crippen LogP contribution in [0.25, 0.3) is 0 Å². The summed E-state index contributed by atoms with van der Waals surface area (Å²) in [7, 11) is 0. The van der Waals surface area contributed by atoms with Crippen molar-refractivity contribution in [3.8, 4) is 0 Å². The monoisotopic (exact) mass is 237 g/mol. The number of carbonyl (C=O) groups excluding carboxylic acids is 1. The summed E-state index contributed by atoms with van der Waals surface area (Å²) in [6.45, 7) is 0.779. The highest BCUT2D eigenvalue weighted by Crippen LogP contribution is 2.05. The number of pyridine rings is 1. The van der Waals surface area contributed by atoms with E-state index in [9.17, 15) is 4.79 Å². The first-order valence-electron chi connectivity index (χ1n) is 5.81. The maximum Gasteiger partial charge on any atom is 0.243 e. The van der Waals surface area contributed by atoms with Crippen molar-refractivity contribution in [1.29, 1.82) is 0 Å². The lowest BCUT2D eigenvalue weighted by atomic mass is 10.2. The van der Waals surface area contributed by atoms with Crippen LogP contribution in [-0.4, -0.2) is 29.1 Å². The van der Waals surface area contributed by atoms with E-state index in [2.05, 4.69) is 10.3 Å². The minimum atomic E-state index is -0.714. The van der Waals surface area contributed by atoms with Gasteiger partial charge in [-0.1, -0.05) is 6.07 Å². The number of aliphatic hydroxyl groups excluding tert-OH is 1. The molecule has 1 aromatic heterocycles. The maximum atomic E-state index is 11.7. The summed E-state index contributed by atoms with van der Waals surface area (Å²) >= 11 is 0. The molecule has 1 aromatic rings. The molecule has 0 radical (unpaired) electrons. The molecule has 1 heterocycles. The smallest absolute Gasteiger partial charge is 0.243 e. The van der Waals surface area contributed by atoms with Gasteiger partial charge in [0.2, 0.25) is 5.91 Å².